The summed E-state index contributed by atoms with van der Waals surface area (Å²) in [4.78, 5) is 10.1. The minimum atomic E-state index is -0.0795. The number of nitrogens with two attached hydrogens (primary N) is 1. The number of anilines is 1. The van der Waals surface area contributed by atoms with Crippen LogP contribution in [0.4, 0.5) is 5.95 Å². The van der Waals surface area contributed by atoms with Gasteiger partial charge in [0.1, 0.15) is 11.5 Å². The number of aliphatic hydroxyl groups is 1. The van der Waals surface area contributed by atoms with E-state index in [-0.39, 0.29) is 12.4 Å². The largest absolute Gasteiger partial charge is 0.395 e. The normalized spacial score (nSPS) is 10.1. The lowest BCUT2D eigenvalue weighted by Gasteiger charge is -2.20. The van der Waals surface area contributed by atoms with E-state index in [1.807, 2.05) is 11.8 Å². The van der Waals surface area contributed by atoms with Crippen LogP contribution in [-0.2, 0) is 0 Å². The SMILES string of the molecule is CCCN(CCO)c1nccc(C(=N)N)n1. The molecule has 0 aliphatic carbocycles. The van der Waals surface area contributed by atoms with Gasteiger partial charge in [-0.2, -0.15) is 0 Å². The van der Waals surface area contributed by atoms with Gasteiger partial charge in [-0.1, -0.05) is 6.92 Å². The molecule has 6 heteroatoms. The number of nitrogen functional groups attached to an aromatic ring is 1. The number of amidine groups is 1. The zero-order valence-corrected chi connectivity index (χ0v) is 9.35. The summed E-state index contributed by atoms with van der Waals surface area (Å²) in [6, 6.07) is 1.59. The lowest BCUT2D eigenvalue weighted by Crippen LogP contribution is -2.30. The van der Waals surface area contributed by atoms with E-state index in [2.05, 4.69) is 9.97 Å². The zero-order chi connectivity index (χ0) is 12.0. The monoisotopic (exact) mass is 223 g/mol. The van der Waals surface area contributed by atoms with Crippen LogP contribution < -0.4 is 10.6 Å². The van der Waals surface area contributed by atoms with Crippen LogP contribution in [0.15, 0.2) is 12.3 Å². The molecular weight excluding hydrogens is 206 g/mol. The molecule has 0 aliphatic rings. The Balaban J connectivity index is 2.90. The summed E-state index contributed by atoms with van der Waals surface area (Å²) in [6.45, 7) is 3.34. The standard InChI is InChI=1S/C10H17N5O/c1-2-5-15(6-7-16)10-13-4-3-8(14-10)9(11)12/h3-4,16H,2,5-7H2,1H3,(H3,11,12). The van der Waals surface area contributed by atoms with Gasteiger partial charge in [0, 0.05) is 19.3 Å². The Hall–Kier alpha value is -1.69. The van der Waals surface area contributed by atoms with E-state index in [0.717, 1.165) is 13.0 Å². The van der Waals surface area contributed by atoms with E-state index >= 15 is 0 Å². The molecule has 0 saturated carbocycles. The van der Waals surface area contributed by atoms with Gasteiger partial charge in [0.05, 0.1) is 6.61 Å². The Morgan fingerprint density at radius 3 is 2.88 bits per heavy atom. The summed E-state index contributed by atoms with van der Waals surface area (Å²) < 4.78 is 0. The fraction of sp³-hybridized carbons (Fsp3) is 0.500. The molecule has 0 fully saturated rings. The van der Waals surface area contributed by atoms with Gasteiger partial charge in [-0.25, -0.2) is 9.97 Å². The van der Waals surface area contributed by atoms with Crippen molar-refractivity contribution < 1.29 is 5.11 Å². The lowest BCUT2D eigenvalue weighted by molar-refractivity contribution is 0.301. The van der Waals surface area contributed by atoms with E-state index < -0.39 is 0 Å². The van der Waals surface area contributed by atoms with Crippen LogP contribution in [0.25, 0.3) is 0 Å². The molecule has 88 valence electrons. The van der Waals surface area contributed by atoms with Gasteiger partial charge in [-0.15, -0.1) is 0 Å². The third kappa shape index (κ3) is 3.16. The third-order valence-electron chi connectivity index (χ3n) is 2.07. The molecule has 0 atom stereocenters. The summed E-state index contributed by atoms with van der Waals surface area (Å²) in [5.41, 5.74) is 5.76. The number of nitrogens with one attached hydrogen (secondary N) is 1. The minimum Gasteiger partial charge on any atom is -0.395 e. The average molecular weight is 223 g/mol. The molecule has 6 nitrogen and oxygen atoms in total. The highest BCUT2D eigenvalue weighted by molar-refractivity contribution is 5.93. The Labute approximate surface area is 94.6 Å². The van der Waals surface area contributed by atoms with Crippen molar-refractivity contribution in [2.45, 2.75) is 13.3 Å². The number of aliphatic hydroxyl groups excluding tert-OH is 1. The first-order valence-electron chi connectivity index (χ1n) is 5.22. The third-order valence-corrected chi connectivity index (χ3v) is 2.07. The molecule has 0 unspecified atom stereocenters. The van der Waals surface area contributed by atoms with Crippen LogP contribution in [0.1, 0.15) is 19.0 Å². The number of nitrogens with zero attached hydrogens (tertiary/aromatic N) is 3. The highest BCUT2D eigenvalue weighted by Gasteiger charge is 2.09. The molecule has 1 aromatic heterocycles. The lowest BCUT2D eigenvalue weighted by atomic mass is 10.3. The molecule has 0 bridgehead atoms. The van der Waals surface area contributed by atoms with Crippen molar-refractivity contribution in [2.75, 3.05) is 24.6 Å². The summed E-state index contributed by atoms with van der Waals surface area (Å²) in [5, 5.41) is 16.2. The maximum Gasteiger partial charge on any atom is 0.226 e. The predicted molar refractivity (Wildman–Crippen MR) is 62.6 cm³/mol. The van der Waals surface area contributed by atoms with Gasteiger partial charge in [0.15, 0.2) is 0 Å². The summed E-state index contributed by atoms with van der Waals surface area (Å²) in [6.07, 6.45) is 2.51. The smallest absolute Gasteiger partial charge is 0.226 e. The Bertz CT molecular complexity index is 349. The minimum absolute atomic E-state index is 0.0493. The first kappa shape index (κ1) is 12.4. The number of rotatable bonds is 6. The first-order chi connectivity index (χ1) is 7.69. The van der Waals surface area contributed by atoms with Crippen molar-refractivity contribution in [1.82, 2.24) is 9.97 Å². The fourth-order valence-electron chi connectivity index (χ4n) is 1.35. The van der Waals surface area contributed by atoms with Gasteiger partial charge in [0.2, 0.25) is 5.95 Å². The molecule has 0 radical (unpaired) electrons. The topological polar surface area (TPSA) is 99.1 Å². The van der Waals surface area contributed by atoms with Crippen molar-refractivity contribution in [3.05, 3.63) is 18.0 Å². The summed E-state index contributed by atoms with van der Waals surface area (Å²) in [5.74, 6) is 0.424. The number of hydrogen-bond acceptors (Lipinski definition) is 5. The van der Waals surface area contributed by atoms with Crippen LogP contribution in [0, 0.1) is 5.41 Å². The van der Waals surface area contributed by atoms with Crippen LogP contribution >= 0.6 is 0 Å². The maximum absolute atomic E-state index is 8.94. The second kappa shape index (κ2) is 6.02. The van der Waals surface area contributed by atoms with E-state index in [4.69, 9.17) is 16.2 Å². The van der Waals surface area contributed by atoms with Crippen molar-refractivity contribution >= 4 is 11.8 Å². The van der Waals surface area contributed by atoms with Crippen molar-refractivity contribution in [3.8, 4) is 0 Å². The van der Waals surface area contributed by atoms with Crippen molar-refractivity contribution in [3.63, 3.8) is 0 Å². The molecule has 0 amide bonds. The van der Waals surface area contributed by atoms with Crippen LogP contribution in [0.2, 0.25) is 0 Å². The van der Waals surface area contributed by atoms with Crippen molar-refractivity contribution in [1.29, 1.82) is 5.41 Å². The Kier molecular flexibility index (Phi) is 4.65. The maximum atomic E-state index is 8.94. The first-order valence-corrected chi connectivity index (χ1v) is 5.22. The molecule has 0 aromatic carbocycles. The van der Waals surface area contributed by atoms with Gasteiger partial charge in [-0.05, 0) is 12.5 Å². The second-order valence-electron chi connectivity index (χ2n) is 3.37. The highest BCUT2D eigenvalue weighted by atomic mass is 16.3. The van der Waals surface area contributed by atoms with Gasteiger partial charge in [-0.3, -0.25) is 5.41 Å². The van der Waals surface area contributed by atoms with Crippen LogP contribution in [0.3, 0.4) is 0 Å². The van der Waals surface area contributed by atoms with Gasteiger partial charge < -0.3 is 15.7 Å². The van der Waals surface area contributed by atoms with E-state index in [1.54, 1.807) is 12.3 Å². The van der Waals surface area contributed by atoms with E-state index in [1.165, 1.54) is 0 Å². The molecular formula is C10H17N5O. The molecule has 0 saturated heterocycles. The summed E-state index contributed by atoms with van der Waals surface area (Å²) >= 11 is 0. The molecule has 1 aromatic rings. The fourth-order valence-corrected chi connectivity index (χ4v) is 1.35. The quantitative estimate of drug-likeness (QED) is 0.464. The number of aromatic nitrogens is 2. The van der Waals surface area contributed by atoms with Gasteiger partial charge >= 0.3 is 0 Å². The molecule has 1 rings (SSSR count). The van der Waals surface area contributed by atoms with Crippen LogP contribution in [0.5, 0.6) is 0 Å². The van der Waals surface area contributed by atoms with E-state index in [0.29, 0.717) is 18.2 Å². The molecule has 1 heterocycles. The predicted octanol–water partition coefficient (Wildman–Crippen LogP) is -0.0306. The van der Waals surface area contributed by atoms with Crippen LogP contribution in [-0.4, -0.2) is 40.6 Å². The zero-order valence-electron chi connectivity index (χ0n) is 9.35. The summed E-state index contributed by atoms with van der Waals surface area (Å²) in [7, 11) is 0. The molecule has 0 aliphatic heterocycles. The van der Waals surface area contributed by atoms with Gasteiger partial charge in [0.25, 0.3) is 0 Å². The number of hydrogen-bond donors (Lipinski definition) is 3. The highest BCUT2D eigenvalue weighted by Crippen LogP contribution is 2.07. The molecule has 16 heavy (non-hydrogen) atoms. The second-order valence-corrected chi connectivity index (χ2v) is 3.37. The Morgan fingerprint density at radius 2 is 2.31 bits per heavy atom. The van der Waals surface area contributed by atoms with Crippen molar-refractivity contribution in [2.24, 2.45) is 5.73 Å². The molecule has 0 spiro atoms. The average Bonchev–Trinajstić information content (AvgIpc) is 2.29. The Morgan fingerprint density at radius 1 is 1.56 bits per heavy atom. The van der Waals surface area contributed by atoms with E-state index in [9.17, 15) is 0 Å². The molecule has 4 N–H and O–H groups in total.